The normalized spacial score (nSPS) is 16.7. The second-order valence-electron chi connectivity index (χ2n) is 12.8. The summed E-state index contributed by atoms with van der Waals surface area (Å²) in [6.45, 7) is 13.9. The molecule has 4 heteroatoms. The van der Waals surface area contributed by atoms with E-state index in [-0.39, 0.29) is 9.04 Å². The van der Waals surface area contributed by atoms with E-state index in [0.717, 1.165) is 6.42 Å². The average molecular weight is 661 g/mol. The first kappa shape index (κ1) is 28.4. The second-order valence-corrected chi connectivity index (χ2v) is 28.6. The standard InChI is InChI=1S/C24H29.C12H9Si.2ClH.Zr/c1-7-17-10-8-9-11-20(17)23-21-15-19(16(2)3)14-18(21)12-13-22(23)24(4,5)6;1-3-7-11-9(5-1)10-6-2-4-8-12(10)13-11;;;/h8-16H,7H2,1-6H3;1-7H,13H2;2*1H;/q;;;;+2/p-2. The molecule has 0 radical (unpaired) electrons. The van der Waals surface area contributed by atoms with Crippen LogP contribution < -0.4 is 13.6 Å². The molecule has 0 aromatic heterocycles. The average Bonchev–Trinajstić information content (AvgIpc) is 3.51. The number of aryl methyl sites for hydroxylation is 1. The summed E-state index contributed by atoms with van der Waals surface area (Å²) in [5, 5.41) is 3.00. The number of hydrogen-bond acceptors (Lipinski definition) is 0. The molecule has 1 heterocycles. The number of fused-ring (bicyclic) bond motifs is 4. The first-order valence-corrected chi connectivity index (χ1v) is 25.0. The zero-order valence-corrected chi connectivity index (χ0v) is 29.8. The molecule has 0 spiro atoms. The van der Waals surface area contributed by atoms with Gasteiger partial charge in [0.05, 0.1) is 0 Å². The summed E-state index contributed by atoms with van der Waals surface area (Å²) in [4.78, 5) is 0. The van der Waals surface area contributed by atoms with Crippen LogP contribution in [0.4, 0.5) is 0 Å². The number of allylic oxidation sites excluding steroid dienone is 1. The van der Waals surface area contributed by atoms with Crippen LogP contribution in [-0.4, -0.2) is 9.52 Å². The van der Waals surface area contributed by atoms with Gasteiger partial charge in [-0.25, -0.2) is 0 Å². The SMILES string of the molecule is CCc1ccccc1-c1c(C(C)(C)C)ccc2c1C=C(C(C)C)[CH]2[Zr]([Cl])([Cl])[c]1cccc2c1[SiH2]c1ccccc1-2. The molecule has 1 unspecified atom stereocenters. The summed E-state index contributed by atoms with van der Waals surface area (Å²) >= 11 is -4.01. The molecule has 0 fully saturated rings. The van der Waals surface area contributed by atoms with Gasteiger partial charge >= 0.3 is 256 Å². The summed E-state index contributed by atoms with van der Waals surface area (Å²) in [5.41, 5.74) is 12.4. The van der Waals surface area contributed by atoms with Crippen molar-refractivity contribution in [1.29, 1.82) is 0 Å². The molecular weight excluding hydrogens is 623 g/mol. The van der Waals surface area contributed by atoms with E-state index < -0.39 is 27.4 Å². The van der Waals surface area contributed by atoms with E-state index in [2.05, 4.69) is 126 Å². The van der Waals surface area contributed by atoms with Crippen LogP contribution in [0.3, 0.4) is 0 Å². The van der Waals surface area contributed by atoms with Crippen molar-refractivity contribution < 1.29 is 17.9 Å². The molecule has 4 aromatic rings. The number of hydrogen-bond donors (Lipinski definition) is 0. The first-order valence-electron chi connectivity index (χ1n) is 14.6. The van der Waals surface area contributed by atoms with Gasteiger partial charge in [0.2, 0.25) is 0 Å². The number of rotatable bonds is 5. The van der Waals surface area contributed by atoms with E-state index in [0.29, 0.717) is 5.92 Å². The zero-order valence-electron chi connectivity index (χ0n) is 24.4. The van der Waals surface area contributed by atoms with E-state index in [1.54, 1.807) is 0 Å². The van der Waals surface area contributed by atoms with Crippen LogP contribution in [0.2, 0.25) is 0 Å². The van der Waals surface area contributed by atoms with Crippen LogP contribution in [0.5, 0.6) is 0 Å². The van der Waals surface area contributed by atoms with Gasteiger partial charge in [-0.1, -0.05) is 0 Å². The van der Waals surface area contributed by atoms with Gasteiger partial charge in [0.1, 0.15) is 0 Å². The van der Waals surface area contributed by atoms with Crippen molar-refractivity contribution in [3.8, 4) is 22.3 Å². The fourth-order valence-corrected chi connectivity index (χ4v) is 24.0. The van der Waals surface area contributed by atoms with Gasteiger partial charge in [-0.15, -0.1) is 0 Å². The van der Waals surface area contributed by atoms with Crippen molar-refractivity contribution in [1.82, 2.24) is 0 Å². The number of halogens is 2. The predicted octanol–water partition coefficient (Wildman–Crippen LogP) is 8.19. The number of benzene rings is 4. The Morgan fingerprint density at radius 2 is 1.50 bits per heavy atom. The van der Waals surface area contributed by atoms with Gasteiger partial charge in [-0.3, -0.25) is 0 Å². The topological polar surface area (TPSA) is 0 Å². The molecule has 0 N–H and O–H groups in total. The van der Waals surface area contributed by atoms with Crippen molar-refractivity contribution in [3.05, 3.63) is 107 Å². The van der Waals surface area contributed by atoms with Crippen LogP contribution in [0.1, 0.15) is 67.4 Å². The van der Waals surface area contributed by atoms with E-state index >= 15 is 0 Å². The van der Waals surface area contributed by atoms with Crippen LogP contribution in [-0.2, 0) is 29.7 Å². The minimum absolute atomic E-state index is 0.00899. The fraction of sp³-hybridized carbons (Fsp3) is 0.278. The van der Waals surface area contributed by atoms with Crippen LogP contribution in [0.25, 0.3) is 28.3 Å². The molecule has 0 saturated heterocycles. The third kappa shape index (κ3) is 4.59. The Hall–Kier alpha value is -1.70. The summed E-state index contributed by atoms with van der Waals surface area (Å²) in [6, 6.07) is 29.3. The molecule has 40 heavy (non-hydrogen) atoms. The maximum absolute atomic E-state index is 7.90. The molecule has 2 aliphatic rings. The predicted molar refractivity (Wildman–Crippen MR) is 177 cm³/mol. The van der Waals surface area contributed by atoms with E-state index in [1.165, 1.54) is 63.7 Å². The van der Waals surface area contributed by atoms with Crippen molar-refractivity contribution in [2.45, 2.75) is 57.0 Å². The molecular formula is C36H38Cl2SiZr. The van der Waals surface area contributed by atoms with Crippen LogP contribution in [0.15, 0.2) is 84.4 Å². The quantitative estimate of drug-likeness (QED) is 0.167. The fourth-order valence-electron chi connectivity index (χ4n) is 6.99. The Morgan fingerprint density at radius 3 is 2.20 bits per heavy atom. The Bertz CT molecular complexity index is 1660. The summed E-state index contributed by atoms with van der Waals surface area (Å²) in [7, 11) is 15.2. The Kier molecular flexibility index (Phi) is 7.49. The van der Waals surface area contributed by atoms with Gasteiger partial charge in [0.25, 0.3) is 0 Å². The molecule has 0 bridgehead atoms. The molecule has 1 aliphatic heterocycles. The van der Waals surface area contributed by atoms with Gasteiger partial charge < -0.3 is 0 Å². The molecule has 204 valence electrons. The van der Waals surface area contributed by atoms with Crippen LogP contribution in [0, 0.1) is 5.92 Å². The third-order valence-corrected chi connectivity index (χ3v) is 23.2. The third-order valence-electron chi connectivity index (χ3n) is 8.95. The van der Waals surface area contributed by atoms with E-state index in [9.17, 15) is 0 Å². The monoisotopic (exact) mass is 658 g/mol. The molecule has 0 saturated carbocycles. The maximum atomic E-state index is 7.90. The van der Waals surface area contributed by atoms with Gasteiger partial charge in [0, 0.05) is 0 Å². The summed E-state index contributed by atoms with van der Waals surface area (Å²) in [5.74, 6) is 0.365. The minimum atomic E-state index is -4.01. The Labute approximate surface area is 254 Å². The van der Waals surface area contributed by atoms with E-state index in [4.69, 9.17) is 17.0 Å². The van der Waals surface area contributed by atoms with Crippen LogP contribution >= 0.6 is 17.0 Å². The molecule has 1 atom stereocenters. The Morgan fingerprint density at radius 1 is 0.825 bits per heavy atom. The van der Waals surface area contributed by atoms with Crippen molar-refractivity contribution >= 4 is 46.3 Å². The van der Waals surface area contributed by atoms with Crippen molar-refractivity contribution in [2.75, 3.05) is 0 Å². The first-order chi connectivity index (χ1) is 19.0. The molecule has 1 aliphatic carbocycles. The second kappa shape index (κ2) is 10.5. The molecule has 0 nitrogen and oxygen atoms in total. The summed E-state index contributed by atoms with van der Waals surface area (Å²) in [6.07, 6.45) is 3.48. The van der Waals surface area contributed by atoms with Gasteiger partial charge in [0.15, 0.2) is 0 Å². The molecule has 6 rings (SSSR count). The van der Waals surface area contributed by atoms with Crippen molar-refractivity contribution in [3.63, 3.8) is 0 Å². The van der Waals surface area contributed by atoms with Gasteiger partial charge in [-0.2, -0.15) is 0 Å². The molecule has 4 aromatic carbocycles. The van der Waals surface area contributed by atoms with Crippen molar-refractivity contribution in [2.24, 2.45) is 5.92 Å². The van der Waals surface area contributed by atoms with E-state index in [1.807, 2.05) is 0 Å². The zero-order chi connectivity index (χ0) is 28.4. The summed E-state index contributed by atoms with van der Waals surface area (Å²) < 4.78 is 1.40. The molecule has 0 amide bonds. The van der Waals surface area contributed by atoms with Gasteiger partial charge in [-0.05, 0) is 0 Å². The Balaban J connectivity index is 1.59.